The minimum absolute atomic E-state index is 0.601. The van der Waals surface area contributed by atoms with Gasteiger partial charge in [0.15, 0.2) is 0 Å². The molecular weight excluding hydrogens is 252 g/mol. The van der Waals surface area contributed by atoms with Gasteiger partial charge in [-0.25, -0.2) is 0 Å². The summed E-state index contributed by atoms with van der Waals surface area (Å²) in [6, 6.07) is 1.35. The second kappa shape index (κ2) is 6.20. The van der Waals surface area contributed by atoms with Gasteiger partial charge in [0.25, 0.3) is 0 Å². The third-order valence-electron chi connectivity index (χ3n) is 4.63. The lowest BCUT2D eigenvalue weighted by atomic mass is 9.97. The average Bonchev–Trinajstić information content (AvgIpc) is 2.87. The number of hydrogen-bond acceptors (Lipinski definition) is 5. The molecular formula is C14H26N6. The lowest BCUT2D eigenvalue weighted by Gasteiger charge is -2.47. The van der Waals surface area contributed by atoms with E-state index in [0.29, 0.717) is 12.6 Å². The van der Waals surface area contributed by atoms with E-state index in [1.54, 1.807) is 0 Å². The summed E-state index contributed by atoms with van der Waals surface area (Å²) in [6.45, 7) is 8.26. The molecule has 0 aliphatic carbocycles. The van der Waals surface area contributed by atoms with E-state index in [-0.39, 0.29) is 0 Å². The van der Waals surface area contributed by atoms with Crippen LogP contribution in [-0.4, -0.2) is 63.1 Å². The van der Waals surface area contributed by atoms with Crippen molar-refractivity contribution < 1.29 is 0 Å². The minimum Gasteiger partial charge on any atom is -0.329 e. The summed E-state index contributed by atoms with van der Waals surface area (Å²) in [6.07, 6.45) is 6.14. The molecule has 0 spiro atoms. The summed E-state index contributed by atoms with van der Waals surface area (Å²) in [5.41, 5.74) is 6.61. The Morgan fingerprint density at radius 3 is 3.10 bits per heavy atom. The van der Waals surface area contributed by atoms with Gasteiger partial charge in [0, 0.05) is 44.5 Å². The van der Waals surface area contributed by atoms with Crippen LogP contribution in [0.4, 0.5) is 0 Å². The number of nitrogens with zero attached hydrogens (tertiary/aromatic N) is 5. The van der Waals surface area contributed by atoms with Crippen LogP contribution in [0.25, 0.3) is 0 Å². The second-order valence-electron chi connectivity index (χ2n) is 6.18. The number of hydrogen-bond donors (Lipinski definition) is 1. The van der Waals surface area contributed by atoms with Gasteiger partial charge >= 0.3 is 0 Å². The maximum absolute atomic E-state index is 5.54. The van der Waals surface area contributed by atoms with Crippen molar-refractivity contribution in [2.45, 2.75) is 51.4 Å². The van der Waals surface area contributed by atoms with Crippen LogP contribution < -0.4 is 5.73 Å². The SMILES string of the molecule is CC1CN2CCCCC2CN1Cc1cn(CCN)nn1. The lowest BCUT2D eigenvalue weighted by molar-refractivity contribution is 0.0105. The summed E-state index contributed by atoms with van der Waals surface area (Å²) in [5, 5.41) is 8.40. The molecule has 0 amide bonds. The highest BCUT2D eigenvalue weighted by atomic mass is 15.4. The monoisotopic (exact) mass is 278 g/mol. The summed E-state index contributed by atoms with van der Waals surface area (Å²) in [4.78, 5) is 5.24. The Hall–Kier alpha value is -0.980. The van der Waals surface area contributed by atoms with Gasteiger partial charge in [-0.15, -0.1) is 5.10 Å². The van der Waals surface area contributed by atoms with E-state index in [4.69, 9.17) is 5.73 Å². The molecule has 2 aliphatic rings. The predicted molar refractivity (Wildman–Crippen MR) is 78.2 cm³/mol. The molecule has 20 heavy (non-hydrogen) atoms. The number of piperidine rings is 1. The first kappa shape index (κ1) is 14.0. The molecule has 2 saturated heterocycles. The molecule has 2 fully saturated rings. The van der Waals surface area contributed by atoms with Crippen LogP contribution in [0.15, 0.2) is 6.20 Å². The molecule has 6 nitrogen and oxygen atoms in total. The van der Waals surface area contributed by atoms with Gasteiger partial charge in [-0.05, 0) is 26.3 Å². The maximum Gasteiger partial charge on any atom is 0.0967 e. The van der Waals surface area contributed by atoms with E-state index < -0.39 is 0 Å². The molecule has 112 valence electrons. The zero-order valence-electron chi connectivity index (χ0n) is 12.4. The molecule has 2 unspecified atom stereocenters. The van der Waals surface area contributed by atoms with Gasteiger partial charge in [0.05, 0.1) is 12.2 Å². The fraction of sp³-hybridized carbons (Fsp3) is 0.857. The maximum atomic E-state index is 5.54. The number of rotatable bonds is 4. The van der Waals surface area contributed by atoms with Gasteiger partial charge in [-0.1, -0.05) is 11.6 Å². The summed E-state index contributed by atoms with van der Waals surface area (Å²) in [7, 11) is 0. The smallest absolute Gasteiger partial charge is 0.0967 e. The number of aromatic nitrogens is 3. The highest BCUT2D eigenvalue weighted by Crippen LogP contribution is 2.24. The highest BCUT2D eigenvalue weighted by molar-refractivity contribution is 4.96. The Morgan fingerprint density at radius 2 is 2.25 bits per heavy atom. The standard InChI is InChI=1S/C14H26N6/c1-12-8-18-6-3-2-4-14(18)11-19(12)9-13-10-20(7-5-15)17-16-13/h10,12,14H,2-9,11,15H2,1H3. The molecule has 3 rings (SSSR count). The first-order valence-corrected chi connectivity index (χ1v) is 7.83. The minimum atomic E-state index is 0.601. The van der Waals surface area contributed by atoms with Gasteiger partial charge in [-0.3, -0.25) is 14.5 Å². The molecule has 0 bridgehead atoms. The zero-order chi connectivity index (χ0) is 13.9. The van der Waals surface area contributed by atoms with E-state index >= 15 is 0 Å². The third kappa shape index (κ3) is 3.02. The van der Waals surface area contributed by atoms with Gasteiger partial charge in [0.2, 0.25) is 0 Å². The Labute approximate surface area is 120 Å². The lowest BCUT2D eigenvalue weighted by Crippen LogP contribution is -2.58. The van der Waals surface area contributed by atoms with Crippen LogP contribution in [0, 0.1) is 0 Å². The molecule has 1 aromatic rings. The first-order valence-electron chi connectivity index (χ1n) is 7.83. The van der Waals surface area contributed by atoms with Crippen molar-refractivity contribution in [1.29, 1.82) is 0 Å². The largest absolute Gasteiger partial charge is 0.329 e. The van der Waals surface area contributed by atoms with Crippen molar-refractivity contribution in [3.63, 3.8) is 0 Å². The van der Waals surface area contributed by atoms with Gasteiger partial charge < -0.3 is 5.73 Å². The van der Waals surface area contributed by atoms with E-state index in [9.17, 15) is 0 Å². The average molecular weight is 278 g/mol. The molecule has 2 atom stereocenters. The Morgan fingerprint density at radius 1 is 1.35 bits per heavy atom. The normalized spacial score (nSPS) is 28.5. The number of piperazine rings is 1. The van der Waals surface area contributed by atoms with Crippen molar-refractivity contribution >= 4 is 0 Å². The highest BCUT2D eigenvalue weighted by Gasteiger charge is 2.33. The fourth-order valence-electron chi connectivity index (χ4n) is 3.49. The van der Waals surface area contributed by atoms with E-state index in [1.165, 1.54) is 38.9 Å². The van der Waals surface area contributed by atoms with Crippen molar-refractivity contribution in [2.75, 3.05) is 26.2 Å². The summed E-state index contributed by atoms with van der Waals surface area (Å²) >= 11 is 0. The Balaban J connectivity index is 1.61. The van der Waals surface area contributed by atoms with Crippen molar-refractivity contribution in [2.24, 2.45) is 5.73 Å². The Bertz CT molecular complexity index is 431. The fourth-order valence-corrected chi connectivity index (χ4v) is 3.49. The van der Waals surface area contributed by atoms with Crippen LogP contribution in [0.2, 0.25) is 0 Å². The Kier molecular flexibility index (Phi) is 4.33. The summed E-state index contributed by atoms with van der Waals surface area (Å²) in [5.74, 6) is 0. The zero-order valence-corrected chi connectivity index (χ0v) is 12.4. The van der Waals surface area contributed by atoms with Crippen LogP contribution in [0.1, 0.15) is 31.9 Å². The molecule has 0 saturated carbocycles. The number of nitrogens with two attached hydrogens (primary N) is 1. The van der Waals surface area contributed by atoms with Crippen LogP contribution in [0.5, 0.6) is 0 Å². The molecule has 2 aliphatic heterocycles. The number of fused-ring (bicyclic) bond motifs is 1. The molecule has 6 heteroatoms. The van der Waals surface area contributed by atoms with Crippen LogP contribution in [0.3, 0.4) is 0 Å². The molecule has 0 aromatic carbocycles. The van der Waals surface area contributed by atoms with Crippen molar-refractivity contribution in [3.05, 3.63) is 11.9 Å². The van der Waals surface area contributed by atoms with Crippen molar-refractivity contribution in [1.82, 2.24) is 24.8 Å². The molecule has 1 aromatic heterocycles. The topological polar surface area (TPSA) is 63.2 Å². The van der Waals surface area contributed by atoms with Gasteiger partial charge in [0.1, 0.15) is 0 Å². The van der Waals surface area contributed by atoms with Crippen molar-refractivity contribution in [3.8, 4) is 0 Å². The van der Waals surface area contributed by atoms with E-state index in [0.717, 1.165) is 24.8 Å². The predicted octanol–water partition coefficient (Wildman–Crippen LogP) is 0.295. The van der Waals surface area contributed by atoms with E-state index in [1.807, 2.05) is 10.9 Å². The molecule has 0 radical (unpaired) electrons. The van der Waals surface area contributed by atoms with Crippen LogP contribution >= 0.6 is 0 Å². The van der Waals surface area contributed by atoms with E-state index in [2.05, 4.69) is 27.0 Å². The van der Waals surface area contributed by atoms with Crippen LogP contribution in [-0.2, 0) is 13.1 Å². The molecule has 2 N–H and O–H groups in total. The van der Waals surface area contributed by atoms with Gasteiger partial charge in [-0.2, -0.15) is 0 Å². The summed E-state index contributed by atoms with van der Waals surface area (Å²) < 4.78 is 1.84. The second-order valence-corrected chi connectivity index (χ2v) is 6.18. The third-order valence-corrected chi connectivity index (χ3v) is 4.63. The molecule has 3 heterocycles. The first-order chi connectivity index (χ1) is 9.76. The quantitative estimate of drug-likeness (QED) is 0.858.